The predicted octanol–water partition coefficient (Wildman–Crippen LogP) is 2.96. The number of rotatable bonds is 4. The molecule has 0 spiro atoms. The number of nitrogens with one attached hydrogen (secondary N) is 1. The minimum Gasteiger partial charge on any atom is -0.308 e. The Bertz CT molecular complexity index is 300. The number of hydrogen-bond acceptors (Lipinski definition) is 1. The van der Waals surface area contributed by atoms with E-state index in [9.17, 15) is 4.39 Å². The van der Waals surface area contributed by atoms with Gasteiger partial charge in [0.05, 0.1) is 0 Å². The van der Waals surface area contributed by atoms with Gasteiger partial charge in [-0.3, -0.25) is 0 Å². The molecule has 0 aliphatic carbocycles. The summed E-state index contributed by atoms with van der Waals surface area (Å²) in [7, 11) is 0. The van der Waals surface area contributed by atoms with Crippen molar-refractivity contribution in [3.05, 3.63) is 47.8 Å². The smallest absolute Gasteiger partial charge is 0.123 e. The van der Waals surface area contributed by atoms with E-state index in [-0.39, 0.29) is 5.82 Å². The third kappa shape index (κ3) is 3.20. The van der Waals surface area contributed by atoms with Crippen LogP contribution in [-0.4, -0.2) is 6.21 Å². The Kier molecular flexibility index (Phi) is 3.38. The maximum absolute atomic E-state index is 12.5. The Morgan fingerprint density at radius 1 is 1.38 bits per heavy atom. The Balaban J connectivity index is 2.50. The Morgan fingerprint density at radius 3 is 2.54 bits per heavy atom. The average Bonchev–Trinajstić information content (AvgIpc) is 2.16. The fraction of sp³-hybridized carbons (Fsp3) is 0.182. The molecule has 0 saturated carbocycles. The lowest BCUT2D eigenvalue weighted by Crippen LogP contribution is -1.88. The summed E-state index contributed by atoms with van der Waals surface area (Å²) < 4.78 is 12.5. The van der Waals surface area contributed by atoms with Crippen molar-refractivity contribution in [3.63, 3.8) is 0 Å². The van der Waals surface area contributed by atoms with Crippen LogP contribution < -0.4 is 0 Å². The Hall–Kier alpha value is -1.44. The van der Waals surface area contributed by atoms with Crippen LogP contribution >= 0.6 is 0 Å². The molecule has 0 bridgehead atoms. The molecule has 0 saturated heterocycles. The van der Waals surface area contributed by atoms with E-state index in [0.717, 1.165) is 24.0 Å². The topological polar surface area (TPSA) is 23.9 Å². The number of aryl methyl sites for hydroxylation is 1. The first-order valence-electron chi connectivity index (χ1n) is 4.15. The molecule has 1 aromatic rings. The summed E-state index contributed by atoms with van der Waals surface area (Å²) in [6.45, 7) is 3.69. The van der Waals surface area contributed by atoms with E-state index >= 15 is 0 Å². The van der Waals surface area contributed by atoms with E-state index in [1.165, 1.54) is 18.3 Å². The molecular weight excluding hydrogens is 165 g/mol. The largest absolute Gasteiger partial charge is 0.308 e. The van der Waals surface area contributed by atoms with Crippen molar-refractivity contribution in [2.45, 2.75) is 12.8 Å². The third-order valence-corrected chi connectivity index (χ3v) is 1.85. The van der Waals surface area contributed by atoms with E-state index in [2.05, 4.69) is 6.58 Å². The molecule has 13 heavy (non-hydrogen) atoms. The second kappa shape index (κ2) is 4.55. The van der Waals surface area contributed by atoms with Crippen molar-refractivity contribution < 1.29 is 4.39 Å². The molecule has 2 heteroatoms. The van der Waals surface area contributed by atoms with Gasteiger partial charge < -0.3 is 5.41 Å². The van der Waals surface area contributed by atoms with Crippen molar-refractivity contribution in [2.24, 2.45) is 0 Å². The van der Waals surface area contributed by atoms with E-state index < -0.39 is 0 Å². The molecule has 0 unspecified atom stereocenters. The summed E-state index contributed by atoms with van der Waals surface area (Å²) in [6.07, 6.45) is 2.83. The van der Waals surface area contributed by atoms with Gasteiger partial charge in [0.25, 0.3) is 0 Å². The lowest BCUT2D eigenvalue weighted by molar-refractivity contribution is 0.627. The number of benzene rings is 1. The van der Waals surface area contributed by atoms with Gasteiger partial charge in [-0.15, -0.1) is 0 Å². The first-order valence-corrected chi connectivity index (χ1v) is 4.15. The number of hydrogen-bond donors (Lipinski definition) is 1. The molecule has 0 aliphatic rings. The molecule has 0 fully saturated rings. The maximum atomic E-state index is 12.5. The quantitative estimate of drug-likeness (QED) is 0.684. The predicted molar refractivity (Wildman–Crippen MR) is 52.6 cm³/mol. The van der Waals surface area contributed by atoms with Gasteiger partial charge in [0.2, 0.25) is 0 Å². The van der Waals surface area contributed by atoms with Crippen molar-refractivity contribution in [3.8, 4) is 0 Å². The lowest BCUT2D eigenvalue weighted by atomic mass is 10.1. The molecule has 0 heterocycles. The van der Waals surface area contributed by atoms with Crippen LogP contribution in [0.1, 0.15) is 12.0 Å². The SMILES string of the molecule is C=C(C=N)CCc1ccc(F)cc1. The highest BCUT2D eigenvalue weighted by atomic mass is 19.1. The molecular formula is C11H12FN. The van der Waals surface area contributed by atoms with Gasteiger partial charge >= 0.3 is 0 Å². The first kappa shape index (κ1) is 9.65. The van der Waals surface area contributed by atoms with Gasteiger partial charge in [0.1, 0.15) is 5.82 Å². The summed E-state index contributed by atoms with van der Waals surface area (Å²) in [5.41, 5.74) is 1.87. The minimum absolute atomic E-state index is 0.213. The second-order valence-electron chi connectivity index (χ2n) is 2.93. The first-order chi connectivity index (χ1) is 6.22. The van der Waals surface area contributed by atoms with E-state index in [4.69, 9.17) is 5.41 Å². The van der Waals surface area contributed by atoms with E-state index in [0.29, 0.717) is 0 Å². The normalized spacial score (nSPS) is 9.62. The molecule has 0 amide bonds. The van der Waals surface area contributed by atoms with Gasteiger partial charge in [-0.25, -0.2) is 4.39 Å². The van der Waals surface area contributed by atoms with E-state index in [1.54, 1.807) is 12.1 Å². The van der Waals surface area contributed by atoms with Crippen LogP contribution in [0.3, 0.4) is 0 Å². The van der Waals surface area contributed by atoms with Crippen LogP contribution in [0.4, 0.5) is 4.39 Å². The molecule has 0 atom stereocenters. The van der Waals surface area contributed by atoms with Crippen molar-refractivity contribution >= 4 is 6.21 Å². The highest BCUT2D eigenvalue weighted by Gasteiger charge is 1.94. The van der Waals surface area contributed by atoms with Crippen LogP contribution in [-0.2, 0) is 6.42 Å². The number of allylic oxidation sites excluding steroid dienone is 1. The standard InChI is InChI=1S/C11H12FN/c1-9(8-13)2-3-10-4-6-11(12)7-5-10/h4-8,13H,1-3H2. The lowest BCUT2D eigenvalue weighted by Gasteiger charge is -2.00. The average molecular weight is 177 g/mol. The van der Waals surface area contributed by atoms with Crippen LogP contribution in [0.2, 0.25) is 0 Å². The molecule has 68 valence electrons. The maximum Gasteiger partial charge on any atom is 0.123 e. The molecule has 0 aromatic heterocycles. The third-order valence-electron chi connectivity index (χ3n) is 1.85. The summed E-state index contributed by atoms with van der Waals surface area (Å²) in [5.74, 6) is -0.213. The van der Waals surface area contributed by atoms with Crippen LogP contribution in [0.15, 0.2) is 36.4 Å². The molecule has 0 radical (unpaired) electrons. The summed E-state index contributed by atoms with van der Waals surface area (Å²) >= 11 is 0. The van der Waals surface area contributed by atoms with Gasteiger partial charge in [-0.05, 0) is 36.1 Å². The minimum atomic E-state index is -0.213. The fourth-order valence-electron chi connectivity index (χ4n) is 1.03. The van der Waals surface area contributed by atoms with Gasteiger partial charge in [0.15, 0.2) is 0 Å². The highest BCUT2D eigenvalue weighted by Crippen LogP contribution is 2.07. The van der Waals surface area contributed by atoms with Crippen molar-refractivity contribution in [1.29, 1.82) is 5.41 Å². The summed E-state index contributed by atoms with van der Waals surface area (Å²) in [6, 6.07) is 6.41. The fourth-order valence-corrected chi connectivity index (χ4v) is 1.03. The van der Waals surface area contributed by atoms with Crippen molar-refractivity contribution in [2.75, 3.05) is 0 Å². The zero-order valence-corrected chi connectivity index (χ0v) is 7.39. The highest BCUT2D eigenvalue weighted by molar-refractivity contribution is 5.74. The molecule has 1 aromatic carbocycles. The second-order valence-corrected chi connectivity index (χ2v) is 2.93. The van der Waals surface area contributed by atoms with Gasteiger partial charge in [0, 0.05) is 6.21 Å². The van der Waals surface area contributed by atoms with Gasteiger partial charge in [-0.1, -0.05) is 18.7 Å². The summed E-state index contributed by atoms with van der Waals surface area (Å²) in [4.78, 5) is 0. The van der Waals surface area contributed by atoms with Crippen LogP contribution in [0.25, 0.3) is 0 Å². The summed E-state index contributed by atoms with van der Waals surface area (Å²) in [5, 5.41) is 6.92. The monoisotopic (exact) mass is 177 g/mol. The molecule has 0 aliphatic heterocycles. The van der Waals surface area contributed by atoms with Crippen LogP contribution in [0.5, 0.6) is 0 Å². The molecule has 1 rings (SSSR count). The van der Waals surface area contributed by atoms with Gasteiger partial charge in [-0.2, -0.15) is 0 Å². The Labute approximate surface area is 77.4 Å². The van der Waals surface area contributed by atoms with E-state index in [1.807, 2.05) is 0 Å². The molecule has 1 nitrogen and oxygen atoms in total. The van der Waals surface area contributed by atoms with Crippen LogP contribution in [0, 0.1) is 11.2 Å². The van der Waals surface area contributed by atoms with Crippen molar-refractivity contribution in [1.82, 2.24) is 0 Å². The zero-order chi connectivity index (χ0) is 9.68. The Morgan fingerprint density at radius 2 is 2.00 bits per heavy atom. The zero-order valence-electron chi connectivity index (χ0n) is 7.39. The number of halogens is 1. The molecule has 1 N–H and O–H groups in total.